The van der Waals surface area contributed by atoms with E-state index in [1.807, 2.05) is 0 Å². The first-order chi connectivity index (χ1) is 5.95. The summed E-state index contributed by atoms with van der Waals surface area (Å²) in [5, 5.41) is 3.91. The fourth-order valence-electron chi connectivity index (χ4n) is 1.14. The third-order valence-electron chi connectivity index (χ3n) is 1.97. The average molecular weight is 181 g/mol. The monoisotopic (exact) mass is 181 g/mol. The fraction of sp³-hybridized carbons (Fsp3) is 0.375. The van der Waals surface area contributed by atoms with Crippen molar-refractivity contribution < 1.29 is 4.79 Å². The van der Waals surface area contributed by atoms with Gasteiger partial charge in [-0.2, -0.15) is 5.10 Å². The Morgan fingerprint density at radius 3 is 2.46 bits per heavy atom. The molecule has 0 aromatic carbocycles. The molecule has 2 N–H and O–H groups in total. The molecule has 13 heavy (non-hydrogen) atoms. The van der Waals surface area contributed by atoms with Crippen molar-refractivity contribution in [3.05, 3.63) is 27.2 Å². The topological polar surface area (TPSA) is 78.0 Å². The van der Waals surface area contributed by atoms with Gasteiger partial charge in [-0.3, -0.25) is 9.59 Å². The number of rotatable bonds is 1. The molecule has 0 aliphatic rings. The molecular weight excluding hydrogens is 170 g/mol. The summed E-state index contributed by atoms with van der Waals surface area (Å²) in [6, 6.07) is 0. The van der Waals surface area contributed by atoms with Gasteiger partial charge >= 0.3 is 0 Å². The van der Waals surface area contributed by atoms with Crippen molar-refractivity contribution in [2.75, 3.05) is 0 Å². The highest BCUT2D eigenvalue weighted by molar-refractivity contribution is 5.93. The maximum atomic E-state index is 11.4. The van der Waals surface area contributed by atoms with Crippen LogP contribution in [0.15, 0.2) is 4.79 Å². The van der Waals surface area contributed by atoms with Crippen molar-refractivity contribution >= 4 is 5.91 Å². The van der Waals surface area contributed by atoms with Crippen molar-refractivity contribution in [3.63, 3.8) is 0 Å². The van der Waals surface area contributed by atoms with E-state index < -0.39 is 11.5 Å². The molecule has 0 aliphatic carbocycles. The van der Waals surface area contributed by atoms with E-state index in [4.69, 9.17) is 5.73 Å². The van der Waals surface area contributed by atoms with Crippen LogP contribution in [0.2, 0.25) is 0 Å². The molecule has 1 heterocycles. The minimum Gasteiger partial charge on any atom is -0.365 e. The number of hydrogen-bond acceptors (Lipinski definition) is 3. The number of amides is 1. The molecule has 0 saturated carbocycles. The van der Waals surface area contributed by atoms with Gasteiger partial charge in [0.1, 0.15) is 5.56 Å². The summed E-state index contributed by atoms with van der Waals surface area (Å²) in [7, 11) is 1.49. The first kappa shape index (κ1) is 9.44. The first-order valence-electron chi connectivity index (χ1n) is 3.79. The Bertz CT molecular complexity index is 420. The van der Waals surface area contributed by atoms with Crippen molar-refractivity contribution in [3.8, 4) is 0 Å². The summed E-state index contributed by atoms with van der Waals surface area (Å²) >= 11 is 0. The molecule has 5 nitrogen and oxygen atoms in total. The second-order valence-electron chi connectivity index (χ2n) is 2.88. The van der Waals surface area contributed by atoms with Crippen LogP contribution in [-0.2, 0) is 7.05 Å². The number of carbonyl (C=O) groups excluding carboxylic acids is 1. The van der Waals surface area contributed by atoms with Gasteiger partial charge in [0.05, 0.1) is 5.69 Å². The van der Waals surface area contributed by atoms with Gasteiger partial charge < -0.3 is 5.73 Å². The number of aryl methyl sites for hydroxylation is 2. The van der Waals surface area contributed by atoms with Crippen LogP contribution in [0.4, 0.5) is 0 Å². The molecule has 0 atom stereocenters. The van der Waals surface area contributed by atoms with E-state index in [0.29, 0.717) is 11.3 Å². The van der Waals surface area contributed by atoms with Gasteiger partial charge in [0.2, 0.25) is 0 Å². The molecule has 0 unspecified atom stereocenters. The predicted octanol–water partition coefficient (Wildman–Crippen LogP) is -0.504. The Labute approximate surface area is 75.2 Å². The summed E-state index contributed by atoms with van der Waals surface area (Å²) in [4.78, 5) is 22.3. The first-order valence-corrected chi connectivity index (χ1v) is 3.79. The summed E-state index contributed by atoms with van der Waals surface area (Å²) < 4.78 is 1.11. The molecule has 1 rings (SSSR count). The number of nitrogens with zero attached hydrogens (tertiary/aromatic N) is 2. The van der Waals surface area contributed by atoms with Gasteiger partial charge in [-0.15, -0.1) is 0 Å². The Morgan fingerprint density at radius 2 is 2.00 bits per heavy atom. The van der Waals surface area contributed by atoms with Crippen LogP contribution in [0, 0.1) is 13.8 Å². The predicted molar refractivity (Wildman–Crippen MR) is 47.5 cm³/mol. The van der Waals surface area contributed by atoms with Gasteiger partial charge in [0, 0.05) is 7.05 Å². The lowest BCUT2D eigenvalue weighted by Gasteiger charge is -2.05. The molecule has 70 valence electrons. The quantitative estimate of drug-likeness (QED) is 0.634. The van der Waals surface area contributed by atoms with Crippen LogP contribution < -0.4 is 11.3 Å². The van der Waals surface area contributed by atoms with Crippen molar-refractivity contribution in [2.24, 2.45) is 12.8 Å². The van der Waals surface area contributed by atoms with E-state index in [9.17, 15) is 9.59 Å². The van der Waals surface area contributed by atoms with Gasteiger partial charge in [-0.25, -0.2) is 4.68 Å². The molecule has 5 heteroatoms. The molecule has 1 amide bonds. The standard InChI is InChI=1S/C8H11N3O2/c1-4-5(2)10-11(3)8(13)6(4)7(9)12/h1-3H3,(H2,9,12). The van der Waals surface area contributed by atoms with E-state index in [0.717, 1.165) is 4.68 Å². The molecule has 0 aliphatic heterocycles. The number of primary amides is 1. The lowest BCUT2D eigenvalue weighted by molar-refractivity contribution is 0.0997. The lowest BCUT2D eigenvalue weighted by atomic mass is 10.1. The molecule has 0 radical (unpaired) electrons. The van der Waals surface area contributed by atoms with Gasteiger partial charge in [0.15, 0.2) is 0 Å². The van der Waals surface area contributed by atoms with Crippen LogP contribution >= 0.6 is 0 Å². The summed E-state index contributed by atoms with van der Waals surface area (Å²) in [5.74, 6) is -0.705. The highest BCUT2D eigenvalue weighted by Crippen LogP contribution is 2.04. The Hall–Kier alpha value is -1.65. The highest BCUT2D eigenvalue weighted by atomic mass is 16.2. The zero-order valence-corrected chi connectivity index (χ0v) is 7.79. The third-order valence-corrected chi connectivity index (χ3v) is 1.97. The molecular formula is C8H11N3O2. The number of carbonyl (C=O) groups is 1. The summed E-state index contributed by atoms with van der Waals surface area (Å²) in [5.41, 5.74) is 5.83. The number of aromatic nitrogens is 2. The van der Waals surface area contributed by atoms with Crippen molar-refractivity contribution in [1.29, 1.82) is 0 Å². The number of hydrogen-bond donors (Lipinski definition) is 1. The molecule has 0 saturated heterocycles. The van der Waals surface area contributed by atoms with E-state index in [1.54, 1.807) is 13.8 Å². The van der Waals surface area contributed by atoms with Crippen molar-refractivity contribution in [2.45, 2.75) is 13.8 Å². The van der Waals surface area contributed by atoms with Gasteiger partial charge in [-0.05, 0) is 19.4 Å². The van der Waals surface area contributed by atoms with Crippen LogP contribution in [0.3, 0.4) is 0 Å². The Kier molecular flexibility index (Phi) is 2.18. The van der Waals surface area contributed by atoms with E-state index >= 15 is 0 Å². The second kappa shape index (κ2) is 3.01. The molecule has 0 fully saturated rings. The smallest absolute Gasteiger partial charge is 0.279 e. The Balaban J connectivity index is 3.66. The zero-order chi connectivity index (χ0) is 10.2. The minimum atomic E-state index is -0.705. The normalized spacial score (nSPS) is 10.1. The van der Waals surface area contributed by atoms with Gasteiger partial charge in [0.25, 0.3) is 11.5 Å². The zero-order valence-electron chi connectivity index (χ0n) is 7.79. The highest BCUT2D eigenvalue weighted by Gasteiger charge is 2.14. The summed E-state index contributed by atoms with van der Waals surface area (Å²) in [6.07, 6.45) is 0. The maximum absolute atomic E-state index is 11.4. The lowest BCUT2D eigenvalue weighted by Crippen LogP contribution is -2.31. The van der Waals surface area contributed by atoms with E-state index in [-0.39, 0.29) is 5.56 Å². The molecule has 1 aromatic rings. The van der Waals surface area contributed by atoms with E-state index in [2.05, 4.69) is 5.10 Å². The average Bonchev–Trinajstić information content (AvgIpc) is 2.01. The van der Waals surface area contributed by atoms with Crippen LogP contribution in [0.25, 0.3) is 0 Å². The van der Waals surface area contributed by atoms with E-state index in [1.165, 1.54) is 7.05 Å². The molecule has 0 spiro atoms. The SMILES string of the molecule is Cc1nn(C)c(=O)c(C(N)=O)c1C. The van der Waals surface area contributed by atoms with Crippen molar-refractivity contribution in [1.82, 2.24) is 9.78 Å². The molecule has 0 bridgehead atoms. The van der Waals surface area contributed by atoms with Crippen LogP contribution in [0.1, 0.15) is 21.6 Å². The number of nitrogens with two attached hydrogens (primary N) is 1. The minimum absolute atomic E-state index is 0.0231. The molecule has 1 aromatic heterocycles. The Morgan fingerprint density at radius 1 is 1.46 bits per heavy atom. The maximum Gasteiger partial charge on any atom is 0.279 e. The van der Waals surface area contributed by atoms with Gasteiger partial charge in [-0.1, -0.05) is 0 Å². The fourth-order valence-corrected chi connectivity index (χ4v) is 1.14. The van der Waals surface area contributed by atoms with Crippen LogP contribution in [0.5, 0.6) is 0 Å². The van der Waals surface area contributed by atoms with Crippen LogP contribution in [-0.4, -0.2) is 15.7 Å². The second-order valence-corrected chi connectivity index (χ2v) is 2.88. The third kappa shape index (κ3) is 1.44. The largest absolute Gasteiger partial charge is 0.365 e. The summed E-state index contributed by atoms with van der Waals surface area (Å²) in [6.45, 7) is 3.38.